The highest BCUT2D eigenvalue weighted by Gasteiger charge is 2.28. The van der Waals surface area contributed by atoms with Gasteiger partial charge in [-0.2, -0.15) is 5.26 Å². The van der Waals surface area contributed by atoms with Crippen LogP contribution in [0.25, 0.3) is 0 Å². The van der Waals surface area contributed by atoms with Crippen molar-refractivity contribution in [2.75, 3.05) is 0 Å². The van der Waals surface area contributed by atoms with Crippen LogP contribution in [-0.2, 0) is 6.54 Å². The predicted octanol–water partition coefficient (Wildman–Crippen LogP) is 5.70. The van der Waals surface area contributed by atoms with Gasteiger partial charge in [0.15, 0.2) is 0 Å². The van der Waals surface area contributed by atoms with Gasteiger partial charge in [-0.1, -0.05) is 35.9 Å². The SMILES string of the molecule is N#CCC[C@H](c1ccccc1Cl)N(Cc1cccnc1)C(=O)c1cc(F)cc(F)c1. The summed E-state index contributed by atoms with van der Waals surface area (Å²) in [6.07, 6.45) is 3.70. The first-order valence-corrected chi connectivity index (χ1v) is 9.64. The zero-order chi connectivity index (χ0) is 21.5. The van der Waals surface area contributed by atoms with Crippen LogP contribution in [0.5, 0.6) is 0 Å². The summed E-state index contributed by atoms with van der Waals surface area (Å²) < 4.78 is 27.6. The lowest BCUT2D eigenvalue weighted by molar-refractivity contribution is 0.0647. The van der Waals surface area contributed by atoms with Gasteiger partial charge in [-0.05, 0) is 41.8 Å². The van der Waals surface area contributed by atoms with E-state index in [1.54, 1.807) is 48.8 Å². The highest BCUT2D eigenvalue weighted by molar-refractivity contribution is 6.31. The second kappa shape index (κ2) is 9.95. The molecule has 0 bridgehead atoms. The summed E-state index contributed by atoms with van der Waals surface area (Å²) in [6, 6.07) is 14.8. The van der Waals surface area contributed by atoms with E-state index >= 15 is 0 Å². The molecule has 3 aromatic rings. The van der Waals surface area contributed by atoms with Crippen molar-refractivity contribution in [2.45, 2.75) is 25.4 Å². The van der Waals surface area contributed by atoms with Gasteiger partial charge in [-0.3, -0.25) is 9.78 Å². The molecule has 0 spiro atoms. The second-order valence-electron chi connectivity index (χ2n) is 6.69. The minimum Gasteiger partial charge on any atom is -0.327 e. The van der Waals surface area contributed by atoms with Gasteiger partial charge in [0.05, 0.1) is 12.1 Å². The number of rotatable bonds is 7. The molecule has 1 aromatic heterocycles. The van der Waals surface area contributed by atoms with Crippen LogP contribution in [0.1, 0.15) is 40.4 Å². The molecule has 0 saturated carbocycles. The normalized spacial score (nSPS) is 11.5. The smallest absolute Gasteiger partial charge is 0.254 e. The number of benzene rings is 2. The molecule has 2 aromatic carbocycles. The molecule has 0 aliphatic rings. The quantitative estimate of drug-likeness (QED) is 0.487. The maximum absolute atomic E-state index is 13.8. The van der Waals surface area contributed by atoms with Gasteiger partial charge in [-0.15, -0.1) is 0 Å². The number of nitriles is 1. The van der Waals surface area contributed by atoms with Gasteiger partial charge < -0.3 is 4.90 Å². The van der Waals surface area contributed by atoms with Crippen LogP contribution >= 0.6 is 11.6 Å². The maximum Gasteiger partial charge on any atom is 0.254 e. The first kappa shape index (κ1) is 21.4. The maximum atomic E-state index is 13.8. The standard InChI is InChI=1S/C23H18ClF2N3O/c24-21-7-2-1-6-20(21)22(8-3-9-27)29(15-16-5-4-10-28-14-16)23(30)17-11-18(25)13-19(26)12-17/h1-2,4-7,10-14,22H,3,8,15H2/t22-/m1/s1. The topological polar surface area (TPSA) is 57.0 Å². The molecule has 0 aliphatic carbocycles. The van der Waals surface area contributed by atoms with Gasteiger partial charge in [0, 0.05) is 42.0 Å². The number of carbonyl (C=O) groups excluding carboxylic acids is 1. The molecule has 1 atom stereocenters. The minimum atomic E-state index is -0.842. The van der Waals surface area contributed by atoms with Crippen molar-refractivity contribution in [1.82, 2.24) is 9.88 Å². The summed E-state index contributed by atoms with van der Waals surface area (Å²) >= 11 is 6.39. The monoisotopic (exact) mass is 425 g/mol. The Balaban J connectivity index is 2.09. The number of halogens is 3. The van der Waals surface area contributed by atoms with Crippen LogP contribution in [0.4, 0.5) is 8.78 Å². The Kier molecular flexibility index (Phi) is 7.10. The first-order chi connectivity index (χ1) is 14.5. The Morgan fingerprint density at radius 1 is 1.13 bits per heavy atom. The van der Waals surface area contributed by atoms with E-state index < -0.39 is 23.6 Å². The van der Waals surface area contributed by atoms with Gasteiger partial charge in [-0.25, -0.2) is 8.78 Å². The molecule has 4 nitrogen and oxygen atoms in total. The third-order valence-electron chi connectivity index (χ3n) is 4.62. The van der Waals surface area contributed by atoms with Crippen molar-refractivity contribution in [3.8, 4) is 6.07 Å². The minimum absolute atomic E-state index is 0.120. The summed E-state index contributed by atoms with van der Waals surface area (Å²) in [5.41, 5.74) is 1.27. The highest BCUT2D eigenvalue weighted by atomic mass is 35.5. The van der Waals surface area contributed by atoms with Gasteiger partial charge >= 0.3 is 0 Å². The molecule has 152 valence electrons. The molecule has 1 heterocycles. The van der Waals surface area contributed by atoms with E-state index in [4.69, 9.17) is 16.9 Å². The second-order valence-corrected chi connectivity index (χ2v) is 7.09. The Labute approximate surface area is 178 Å². The molecule has 0 radical (unpaired) electrons. The molecule has 1 amide bonds. The fraction of sp³-hybridized carbons (Fsp3) is 0.174. The lowest BCUT2D eigenvalue weighted by Crippen LogP contribution is -2.35. The van der Waals surface area contributed by atoms with E-state index in [0.717, 1.165) is 17.7 Å². The number of nitrogens with zero attached hydrogens (tertiary/aromatic N) is 3. The molecule has 0 N–H and O–H groups in total. The number of aromatic nitrogens is 1. The molecule has 30 heavy (non-hydrogen) atoms. The van der Waals surface area contributed by atoms with Crippen LogP contribution in [0.3, 0.4) is 0 Å². The third-order valence-corrected chi connectivity index (χ3v) is 4.96. The molecular formula is C23H18ClF2N3O. The Morgan fingerprint density at radius 3 is 2.50 bits per heavy atom. The Morgan fingerprint density at radius 2 is 1.87 bits per heavy atom. The number of carbonyl (C=O) groups is 1. The fourth-order valence-corrected chi connectivity index (χ4v) is 3.54. The van der Waals surface area contributed by atoms with Gasteiger partial charge in [0.25, 0.3) is 5.91 Å². The van der Waals surface area contributed by atoms with Crippen molar-refractivity contribution in [3.05, 3.63) is 100 Å². The van der Waals surface area contributed by atoms with Crippen molar-refractivity contribution in [2.24, 2.45) is 0 Å². The zero-order valence-corrected chi connectivity index (χ0v) is 16.7. The van der Waals surface area contributed by atoms with Crippen LogP contribution in [0, 0.1) is 23.0 Å². The average Bonchev–Trinajstić information content (AvgIpc) is 2.73. The average molecular weight is 426 g/mol. The van der Waals surface area contributed by atoms with Crippen molar-refractivity contribution in [3.63, 3.8) is 0 Å². The molecule has 3 rings (SSSR count). The highest BCUT2D eigenvalue weighted by Crippen LogP contribution is 2.33. The zero-order valence-electron chi connectivity index (χ0n) is 15.9. The number of hydrogen-bond acceptors (Lipinski definition) is 3. The first-order valence-electron chi connectivity index (χ1n) is 9.27. The summed E-state index contributed by atoms with van der Waals surface area (Å²) in [5, 5.41) is 9.58. The van der Waals surface area contributed by atoms with E-state index in [1.807, 2.05) is 0 Å². The van der Waals surface area contributed by atoms with Crippen LogP contribution in [0.2, 0.25) is 5.02 Å². The van der Waals surface area contributed by atoms with E-state index in [-0.39, 0.29) is 18.5 Å². The summed E-state index contributed by atoms with van der Waals surface area (Å²) in [5.74, 6) is -2.25. The van der Waals surface area contributed by atoms with Gasteiger partial charge in [0.2, 0.25) is 0 Å². The summed E-state index contributed by atoms with van der Waals surface area (Å²) in [6.45, 7) is 0.131. The Bertz CT molecular complexity index is 1050. The van der Waals surface area contributed by atoms with Crippen LogP contribution in [0.15, 0.2) is 67.0 Å². The number of pyridine rings is 1. The van der Waals surface area contributed by atoms with Crippen molar-refractivity contribution >= 4 is 17.5 Å². The molecule has 0 saturated heterocycles. The van der Waals surface area contributed by atoms with Crippen LogP contribution < -0.4 is 0 Å². The van der Waals surface area contributed by atoms with Gasteiger partial charge in [0.1, 0.15) is 11.6 Å². The lowest BCUT2D eigenvalue weighted by Gasteiger charge is -2.33. The number of amides is 1. The lowest BCUT2D eigenvalue weighted by atomic mass is 9.98. The molecule has 0 fully saturated rings. The van der Waals surface area contributed by atoms with Crippen molar-refractivity contribution in [1.29, 1.82) is 5.26 Å². The molecule has 0 aliphatic heterocycles. The third kappa shape index (κ3) is 5.19. The van der Waals surface area contributed by atoms with Crippen LogP contribution in [-0.4, -0.2) is 15.8 Å². The fourth-order valence-electron chi connectivity index (χ4n) is 3.28. The summed E-state index contributed by atoms with van der Waals surface area (Å²) in [7, 11) is 0. The molecule has 7 heteroatoms. The largest absolute Gasteiger partial charge is 0.327 e. The molecule has 0 unspecified atom stereocenters. The summed E-state index contributed by atoms with van der Waals surface area (Å²) in [4.78, 5) is 18.9. The van der Waals surface area contributed by atoms with Crippen molar-refractivity contribution < 1.29 is 13.6 Å². The number of hydrogen-bond donors (Lipinski definition) is 0. The van der Waals surface area contributed by atoms with E-state index in [0.29, 0.717) is 23.1 Å². The van der Waals surface area contributed by atoms with E-state index in [2.05, 4.69) is 11.1 Å². The predicted molar refractivity (Wildman–Crippen MR) is 110 cm³/mol. The Hall–Kier alpha value is -3.30. The molecular weight excluding hydrogens is 408 g/mol. The van der Waals surface area contributed by atoms with E-state index in [9.17, 15) is 13.6 Å². The van der Waals surface area contributed by atoms with E-state index in [1.165, 1.54) is 4.90 Å².